The molecule has 1 saturated heterocycles. The standard InChI is InChI=1S/C20H27N5O/c1-14-11-15(2)22-20(21-14)24-23-16(3)17-7-8-19(26)18(12-17)13-25-9-5-4-6-10-25/h7-8,11-12,26H,4-6,9-10,13H2,1-3H3,(H,21,22,24)/b23-16+. The van der Waals surface area contributed by atoms with Crippen molar-refractivity contribution in [3.05, 3.63) is 46.8 Å². The molecular formula is C20H27N5O. The number of aryl methyl sites for hydroxylation is 2. The molecule has 3 rings (SSSR count). The minimum absolute atomic E-state index is 0.345. The molecule has 2 N–H and O–H groups in total. The molecule has 0 bridgehead atoms. The summed E-state index contributed by atoms with van der Waals surface area (Å²) in [6.45, 7) is 8.78. The van der Waals surface area contributed by atoms with Crippen molar-refractivity contribution in [1.29, 1.82) is 0 Å². The Morgan fingerprint density at radius 3 is 2.50 bits per heavy atom. The second-order valence-corrected chi connectivity index (χ2v) is 6.96. The number of hydrogen-bond donors (Lipinski definition) is 2. The molecular weight excluding hydrogens is 326 g/mol. The van der Waals surface area contributed by atoms with Crippen LogP contribution in [-0.2, 0) is 6.54 Å². The zero-order valence-electron chi connectivity index (χ0n) is 15.8. The highest BCUT2D eigenvalue weighted by Crippen LogP contribution is 2.22. The molecule has 1 aromatic heterocycles. The first-order valence-corrected chi connectivity index (χ1v) is 9.18. The fourth-order valence-corrected chi connectivity index (χ4v) is 3.27. The SMILES string of the molecule is C/C(=N\Nc1nc(C)cc(C)n1)c1ccc(O)c(CN2CCCCC2)c1. The fourth-order valence-electron chi connectivity index (χ4n) is 3.27. The Morgan fingerprint density at radius 2 is 1.81 bits per heavy atom. The van der Waals surface area contributed by atoms with Gasteiger partial charge in [0.1, 0.15) is 5.75 Å². The van der Waals surface area contributed by atoms with Gasteiger partial charge in [0.2, 0.25) is 5.95 Å². The number of hydrazone groups is 1. The molecule has 0 saturated carbocycles. The van der Waals surface area contributed by atoms with Gasteiger partial charge < -0.3 is 5.11 Å². The first-order chi connectivity index (χ1) is 12.5. The number of aromatic nitrogens is 2. The maximum absolute atomic E-state index is 10.2. The summed E-state index contributed by atoms with van der Waals surface area (Å²) < 4.78 is 0. The van der Waals surface area contributed by atoms with Gasteiger partial charge in [-0.3, -0.25) is 4.90 Å². The van der Waals surface area contributed by atoms with Crippen molar-refractivity contribution < 1.29 is 5.11 Å². The molecule has 1 aliphatic rings. The molecule has 0 unspecified atom stereocenters. The van der Waals surface area contributed by atoms with E-state index in [0.717, 1.165) is 47.9 Å². The molecule has 2 heterocycles. The molecule has 1 aliphatic heterocycles. The first kappa shape index (κ1) is 18.3. The lowest BCUT2D eigenvalue weighted by molar-refractivity contribution is 0.218. The van der Waals surface area contributed by atoms with E-state index in [4.69, 9.17) is 0 Å². The lowest BCUT2D eigenvalue weighted by Gasteiger charge is -2.26. The Labute approximate surface area is 155 Å². The summed E-state index contributed by atoms with van der Waals surface area (Å²) in [5, 5.41) is 14.6. The van der Waals surface area contributed by atoms with Gasteiger partial charge in [0, 0.05) is 23.5 Å². The van der Waals surface area contributed by atoms with E-state index in [1.807, 2.05) is 39.0 Å². The molecule has 26 heavy (non-hydrogen) atoms. The number of aromatic hydroxyl groups is 1. The van der Waals surface area contributed by atoms with E-state index in [2.05, 4.69) is 25.4 Å². The molecule has 0 aliphatic carbocycles. The van der Waals surface area contributed by atoms with Crippen LogP contribution in [0, 0.1) is 13.8 Å². The lowest BCUT2D eigenvalue weighted by Crippen LogP contribution is -2.29. The maximum Gasteiger partial charge on any atom is 0.243 e. The molecule has 1 aromatic carbocycles. The largest absolute Gasteiger partial charge is 0.508 e. The van der Waals surface area contributed by atoms with Crippen LogP contribution in [0.4, 0.5) is 5.95 Å². The average Bonchev–Trinajstić information content (AvgIpc) is 2.61. The van der Waals surface area contributed by atoms with E-state index in [0.29, 0.717) is 11.7 Å². The van der Waals surface area contributed by atoms with Crippen molar-refractivity contribution in [2.24, 2.45) is 5.10 Å². The topological polar surface area (TPSA) is 73.6 Å². The molecule has 138 valence electrons. The Bertz CT molecular complexity index is 777. The average molecular weight is 353 g/mol. The Hall–Kier alpha value is -2.47. The van der Waals surface area contributed by atoms with E-state index in [9.17, 15) is 5.11 Å². The summed E-state index contributed by atoms with van der Waals surface area (Å²) >= 11 is 0. The van der Waals surface area contributed by atoms with Crippen LogP contribution in [0.15, 0.2) is 29.4 Å². The van der Waals surface area contributed by atoms with E-state index >= 15 is 0 Å². The molecule has 6 heteroatoms. The Balaban J connectivity index is 1.73. The minimum Gasteiger partial charge on any atom is -0.508 e. The zero-order valence-corrected chi connectivity index (χ0v) is 15.8. The third kappa shape index (κ3) is 4.79. The van der Waals surface area contributed by atoms with Crippen LogP contribution in [0.1, 0.15) is 48.7 Å². The van der Waals surface area contributed by atoms with Crippen LogP contribution in [0.25, 0.3) is 0 Å². The third-order valence-electron chi connectivity index (χ3n) is 4.65. The summed E-state index contributed by atoms with van der Waals surface area (Å²) in [7, 11) is 0. The number of nitrogens with zero attached hydrogens (tertiary/aromatic N) is 4. The van der Waals surface area contributed by atoms with Crippen LogP contribution >= 0.6 is 0 Å². The van der Waals surface area contributed by atoms with Crippen molar-refractivity contribution in [3.63, 3.8) is 0 Å². The van der Waals surface area contributed by atoms with E-state index < -0.39 is 0 Å². The summed E-state index contributed by atoms with van der Waals surface area (Å²) in [6.07, 6.45) is 3.78. The molecule has 0 amide bonds. The highest BCUT2D eigenvalue weighted by Gasteiger charge is 2.13. The molecule has 2 aromatic rings. The van der Waals surface area contributed by atoms with Crippen LogP contribution in [0.5, 0.6) is 5.75 Å². The second kappa shape index (κ2) is 8.27. The van der Waals surface area contributed by atoms with E-state index in [1.165, 1.54) is 19.3 Å². The van der Waals surface area contributed by atoms with Gasteiger partial charge in [0.15, 0.2) is 0 Å². The lowest BCUT2D eigenvalue weighted by atomic mass is 10.0. The number of anilines is 1. The number of phenolic OH excluding ortho intramolecular Hbond substituents is 1. The minimum atomic E-state index is 0.345. The van der Waals surface area contributed by atoms with Crippen molar-refractivity contribution >= 4 is 11.7 Å². The monoisotopic (exact) mass is 353 g/mol. The smallest absolute Gasteiger partial charge is 0.243 e. The van der Waals surface area contributed by atoms with Crippen LogP contribution in [0.2, 0.25) is 0 Å². The fraction of sp³-hybridized carbons (Fsp3) is 0.450. The number of rotatable bonds is 5. The van der Waals surface area contributed by atoms with E-state index in [1.54, 1.807) is 6.07 Å². The van der Waals surface area contributed by atoms with Gasteiger partial charge in [-0.2, -0.15) is 5.10 Å². The number of likely N-dealkylation sites (tertiary alicyclic amines) is 1. The van der Waals surface area contributed by atoms with Gasteiger partial charge in [-0.15, -0.1) is 0 Å². The molecule has 1 fully saturated rings. The highest BCUT2D eigenvalue weighted by atomic mass is 16.3. The summed E-state index contributed by atoms with van der Waals surface area (Å²) in [6, 6.07) is 7.58. The number of nitrogens with one attached hydrogen (secondary N) is 1. The van der Waals surface area contributed by atoms with Crippen molar-refractivity contribution in [3.8, 4) is 5.75 Å². The van der Waals surface area contributed by atoms with Gasteiger partial charge in [0.05, 0.1) is 5.71 Å². The quantitative estimate of drug-likeness (QED) is 0.634. The molecule has 0 atom stereocenters. The van der Waals surface area contributed by atoms with Crippen LogP contribution < -0.4 is 5.43 Å². The molecule has 6 nitrogen and oxygen atoms in total. The third-order valence-corrected chi connectivity index (χ3v) is 4.65. The summed E-state index contributed by atoms with van der Waals surface area (Å²) in [5.74, 6) is 0.840. The number of hydrogen-bond acceptors (Lipinski definition) is 6. The van der Waals surface area contributed by atoms with Gasteiger partial charge in [-0.25, -0.2) is 15.4 Å². The van der Waals surface area contributed by atoms with E-state index in [-0.39, 0.29) is 0 Å². The van der Waals surface area contributed by atoms with Crippen LogP contribution in [0.3, 0.4) is 0 Å². The first-order valence-electron chi connectivity index (χ1n) is 9.18. The Morgan fingerprint density at radius 1 is 1.12 bits per heavy atom. The molecule has 0 radical (unpaired) electrons. The number of benzene rings is 1. The van der Waals surface area contributed by atoms with Gasteiger partial charge in [-0.1, -0.05) is 6.42 Å². The zero-order chi connectivity index (χ0) is 18.5. The predicted molar refractivity (Wildman–Crippen MR) is 105 cm³/mol. The second-order valence-electron chi connectivity index (χ2n) is 6.96. The van der Waals surface area contributed by atoms with Crippen molar-refractivity contribution in [1.82, 2.24) is 14.9 Å². The Kier molecular flexibility index (Phi) is 5.83. The maximum atomic E-state index is 10.2. The summed E-state index contributed by atoms with van der Waals surface area (Å²) in [4.78, 5) is 11.1. The van der Waals surface area contributed by atoms with Gasteiger partial charge in [0.25, 0.3) is 0 Å². The van der Waals surface area contributed by atoms with Gasteiger partial charge in [-0.05, 0) is 76.5 Å². The van der Waals surface area contributed by atoms with Crippen LogP contribution in [-0.4, -0.2) is 38.8 Å². The van der Waals surface area contributed by atoms with Crippen molar-refractivity contribution in [2.75, 3.05) is 18.5 Å². The van der Waals surface area contributed by atoms with Crippen molar-refractivity contribution in [2.45, 2.75) is 46.6 Å². The number of phenols is 1. The normalized spacial score (nSPS) is 15.9. The van der Waals surface area contributed by atoms with Gasteiger partial charge >= 0.3 is 0 Å². The summed E-state index contributed by atoms with van der Waals surface area (Å²) in [5.41, 5.74) is 7.49. The molecule has 0 spiro atoms. The highest BCUT2D eigenvalue weighted by molar-refractivity contribution is 5.99. The number of piperidine rings is 1. The predicted octanol–water partition coefficient (Wildman–Crippen LogP) is 3.62.